The van der Waals surface area contributed by atoms with Gasteiger partial charge in [-0.15, -0.1) is 0 Å². The maximum Gasteiger partial charge on any atom is 0.239 e. The molecular formula is C16H31N5O. The van der Waals surface area contributed by atoms with Crippen molar-refractivity contribution in [2.45, 2.75) is 38.1 Å². The van der Waals surface area contributed by atoms with Gasteiger partial charge in [0.2, 0.25) is 5.91 Å². The number of carbonyl (C=O) groups is 1. The van der Waals surface area contributed by atoms with Crippen molar-refractivity contribution in [3.05, 3.63) is 0 Å². The van der Waals surface area contributed by atoms with E-state index in [0.717, 1.165) is 57.9 Å². The van der Waals surface area contributed by atoms with Crippen LogP contribution in [0.15, 0.2) is 4.99 Å². The summed E-state index contributed by atoms with van der Waals surface area (Å²) in [4.78, 5) is 22.9. The Morgan fingerprint density at radius 2 is 1.95 bits per heavy atom. The smallest absolute Gasteiger partial charge is 0.239 e. The minimum absolute atomic E-state index is 0.0906. The summed E-state index contributed by atoms with van der Waals surface area (Å²) in [5, 5.41) is 3.46. The van der Waals surface area contributed by atoms with Gasteiger partial charge in [0, 0.05) is 47.3 Å². The standard InChI is InChI=1S/C16H31N5O/c1-17-16(21-10-4-5-11-21)18-9-7-13-20-12-6-8-14(20)15(22)19(2)3/h14H,4-13H2,1-3H3,(H,17,18). The van der Waals surface area contributed by atoms with E-state index in [9.17, 15) is 4.79 Å². The molecule has 2 fully saturated rings. The Kier molecular flexibility index (Phi) is 6.49. The van der Waals surface area contributed by atoms with Crippen LogP contribution in [0, 0.1) is 0 Å². The van der Waals surface area contributed by atoms with Gasteiger partial charge in [-0.2, -0.15) is 0 Å². The molecule has 6 heteroatoms. The van der Waals surface area contributed by atoms with Crippen molar-refractivity contribution in [2.24, 2.45) is 4.99 Å². The molecule has 0 bridgehead atoms. The summed E-state index contributed by atoms with van der Waals surface area (Å²) >= 11 is 0. The molecule has 0 saturated carbocycles. The molecule has 126 valence electrons. The van der Waals surface area contributed by atoms with Crippen molar-refractivity contribution in [3.8, 4) is 0 Å². The lowest BCUT2D eigenvalue weighted by Gasteiger charge is -2.26. The van der Waals surface area contributed by atoms with Crippen molar-refractivity contribution in [1.82, 2.24) is 20.0 Å². The number of aliphatic imine (C=N–C) groups is 1. The van der Waals surface area contributed by atoms with Crippen molar-refractivity contribution in [3.63, 3.8) is 0 Å². The normalized spacial score (nSPS) is 23.1. The molecule has 1 unspecified atom stereocenters. The number of amides is 1. The Balaban J connectivity index is 1.70. The Bertz CT molecular complexity index is 390. The molecule has 22 heavy (non-hydrogen) atoms. The van der Waals surface area contributed by atoms with Crippen LogP contribution < -0.4 is 5.32 Å². The Labute approximate surface area is 134 Å². The van der Waals surface area contributed by atoms with E-state index in [4.69, 9.17) is 0 Å². The van der Waals surface area contributed by atoms with E-state index in [1.54, 1.807) is 4.90 Å². The number of guanidine groups is 1. The zero-order valence-corrected chi connectivity index (χ0v) is 14.3. The van der Waals surface area contributed by atoms with Crippen LogP contribution in [-0.4, -0.2) is 86.5 Å². The molecule has 0 aromatic carbocycles. The maximum atomic E-state index is 12.2. The van der Waals surface area contributed by atoms with Gasteiger partial charge in [0.1, 0.15) is 0 Å². The van der Waals surface area contributed by atoms with Gasteiger partial charge in [0.25, 0.3) is 0 Å². The van der Waals surface area contributed by atoms with Gasteiger partial charge in [-0.1, -0.05) is 0 Å². The van der Waals surface area contributed by atoms with Crippen LogP contribution in [-0.2, 0) is 4.79 Å². The molecule has 2 rings (SSSR count). The Morgan fingerprint density at radius 3 is 2.59 bits per heavy atom. The van der Waals surface area contributed by atoms with Crippen molar-refractivity contribution in [1.29, 1.82) is 0 Å². The molecule has 2 aliphatic heterocycles. The van der Waals surface area contributed by atoms with E-state index in [1.807, 2.05) is 21.1 Å². The summed E-state index contributed by atoms with van der Waals surface area (Å²) in [6.45, 7) is 5.18. The van der Waals surface area contributed by atoms with E-state index in [-0.39, 0.29) is 11.9 Å². The third-order valence-electron chi connectivity index (χ3n) is 4.61. The molecule has 1 N–H and O–H groups in total. The summed E-state index contributed by atoms with van der Waals surface area (Å²) in [6, 6.07) is 0.0906. The van der Waals surface area contributed by atoms with Gasteiger partial charge in [0.05, 0.1) is 6.04 Å². The van der Waals surface area contributed by atoms with Crippen LogP contribution in [0.5, 0.6) is 0 Å². The van der Waals surface area contributed by atoms with E-state index in [2.05, 4.69) is 20.1 Å². The zero-order chi connectivity index (χ0) is 15.9. The highest BCUT2D eigenvalue weighted by molar-refractivity contribution is 5.81. The van der Waals surface area contributed by atoms with Crippen LogP contribution in [0.4, 0.5) is 0 Å². The van der Waals surface area contributed by atoms with E-state index < -0.39 is 0 Å². The highest BCUT2D eigenvalue weighted by Crippen LogP contribution is 2.18. The summed E-state index contributed by atoms with van der Waals surface area (Å²) in [7, 11) is 5.55. The Hall–Kier alpha value is -1.30. The van der Waals surface area contributed by atoms with E-state index >= 15 is 0 Å². The number of likely N-dealkylation sites (tertiary alicyclic amines) is 2. The largest absolute Gasteiger partial charge is 0.356 e. The lowest BCUT2D eigenvalue weighted by molar-refractivity contribution is -0.133. The molecule has 1 amide bonds. The molecule has 6 nitrogen and oxygen atoms in total. The summed E-state index contributed by atoms with van der Waals surface area (Å²) < 4.78 is 0. The number of nitrogens with zero attached hydrogens (tertiary/aromatic N) is 4. The van der Waals surface area contributed by atoms with Crippen LogP contribution in [0.3, 0.4) is 0 Å². The third kappa shape index (κ3) is 4.35. The van der Waals surface area contributed by atoms with Crippen LogP contribution in [0.2, 0.25) is 0 Å². The summed E-state index contributed by atoms with van der Waals surface area (Å²) in [5.74, 6) is 1.28. The first-order valence-electron chi connectivity index (χ1n) is 8.54. The predicted molar refractivity (Wildman–Crippen MR) is 90.1 cm³/mol. The highest BCUT2D eigenvalue weighted by Gasteiger charge is 2.31. The molecule has 0 aromatic heterocycles. The quantitative estimate of drug-likeness (QED) is 0.459. The monoisotopic (exact) mass is 309 g/mol. The fourth-order valence-electron chi connectivity index (χ4n) is 3.42. The first-order valence-corrected chi connectivity index (χ1v) is 8.54. The first-order chi connectivity index (χ1) is 10.6. The van der Waals surface area contributed by atoms with Crippen LogP contribution in [0.25, 0.3) is 0 Å². The molecule has 2 heterocycles. The van der Waals surface area contributed by atoms with Gasteiger partial charge in [-0.25, -0.2) is 0 Å². The van der Waals surface area contributed by atoms with Crippen LogP contribution >= 0.6 is 0 Å². The highest BCUT2D eigenvalue weighted by atomic mass is 16.2. The number of likely N-dealkylation sites (N-methyl/N-ethyl adjacent to an activating group) is 1. The number of hydrogen-bond acceptors (Lipinski definition) is 3. The van der Waals surface area contributed by atoms with Gasteiger partial charge in [-0.3, -0.25) is 14.7 Å². The number of carbonyl (C=O) groups excluding carboxylic acids is 1. The zero-order valence-electron chi connectivity index (χ0n) is 14.3. The number of rotatable bonds is 5. The molecule has 0 spiro atoms. The molecule has 2 saturated heterocycles. The second kappa shape index (κ2) is 8.36. The van der Waals surface area contributed by atoms with Crippen molar-refractivity contribution in [2.75, 3.05) is 53.9 Å². The van der Waals surface area contributed by atoms with Crippen LogP contribution in [0.1, 0.15) is 32.1 Å². The van der Waals surface area contributed by atoms with E-state index in [1.165, 1.54) is 12.8 Å². The average Bonchev–Trinajstić information content (AvgIpc) is 3.17. The van der Waals surface area contributed by atoms with Crippen molar-refractivity contribution < 1.29 is 4.79 Å². The summed E-state index contributed by atoms with van der Waals surface area (Å²) in [6.07, 6.45) is 5.71. The lowest BCUT2D eigenvalue weighted by Crippen LogP contribution is -2.44. The van der Waals surface area contributed by atoms with Gasteiger partial charge >= 0.3 is 0 Å². The van der Waals surface area contributed by atoms with Crippen molar-refractivity contribution >= 4 is 11.9 Å². The predicted octanol–water partition coefficient (Wildman–Crippen LogP) is 0.600. The summed E-state index contributed by atoms with van der Waals surface area (Å²) in [5.41, 5.74) is 0. The minimum atomic E-state index is 0.0906. The maximum absolute atomic E-state index is 12.2. The number of hydrogen-bond donors (Lipinski definition) is 1. The van der Waals surface area contributed by atoms with Gasteiger partial charge in [0.15, 0.2) is 5.96 Å². The average molecular weight is 309 g/mol. The molecule has 0 aromatic rings. The first kappa shape index (κ1) is 17.1. The van der Waals surface area contributed by atoms with Gasteiger partial charge in [-0.05, 0) is 38.6 Å². The molecule has 1 atom stereocenters. The number of nitrogens with one attached hydrogen (secondary N) is 1. The molecule has 0 aliphatic carbocycles. The Morgan fingerprint density at radius 1 is 1.23 bits per heavy atom. The fraction of sp³-hybridized carbons (Fsp3) is 0.875. The topological polar surface area (TPSA) is 51.2 Å². The molecule has 0 radical (unpaired) electrons. The van der Waals surface area contributed by atoms with Gasteiger partial charge < -0.3 is 15.1 Å². The molecule has 2 aliphatic rings. The lowest BCUT2D eigenvalue weighted by atomic mass is 10.2. The minimum Gasteiger partial charge on any atom is -0.356 e. The fourth-order valence-corrected chi connectivity index (χ4v) is 3.42. The third-order valence-corrected chi connectivity index (χ3v) is 4.61. The van der Waals surface area contributed by atoms with E-state index in [0.29, 0.717) is 0 Å². The second-order valence-electron chi connectivity index (χ2n) is 6.45. The second-order valence-corrected chi connectivity index (χ2v) is 6.45. The molecular weight excluding hydrogens is 278 g/mol. The SMILES string of the molecule is CN=C(NCCCN1CCCC1C(=O)N(C)C)N1CCCC1.